The zero-order valence-corrected chi connectivity index (χ0v) is 8.01. The number of hydrogen-bond acceptors (Lipinski definition) is 3. The van der Waals surface area contributed by atoms with Gasteiger partial charge in [-0.3, -0.25) is 9.78 Å². The lowest BCUT2D eigenvalue weighted by Crippen LogP contribution is -2.22. The summed E-state index contributed by atoms with van der Waals surface area (Å²) in [5.41, 5.74) is 1.49. The molecule has 0 aromatic carbocycles. The molecular weight excluding hydrogens is 192 g/mol. The van der Waals surface area contributed by atoms with E-state index in [4.69, 9.17) is 4.42 Å². The zero-order valence-electron chi connectivity index (χ0n) is 8.01. The molecule has 2 rings (SSSR count). The van der Waals surface area contributed by atoms with Crippen molar-refractivity contribution in [1.82, 2.24) is 10.3 Å². The summed E-state index contributed by atoms with van der Waals surface area (Å²) in [5, 5.41) is 2.76. The fourth-order valence-corrected chi connectivity index (χ4v) is 1.17. The molecule has 0 fully saturated rings. The second-order valence-electron chi connectivity index (χ2n) is 3.06. The lowest BCUT2D eigenvalue weighted by atomic mass is 10.2. The van der Waals surface area contributed by atoms with Crippen LogP contribution < -0.4 is 5.32 Å². The molecule has 1 amide bonds. The van der Waals surface area contributed by atoms with Gasteiger partial charge < -0.3 is 9.73 Å². The zero-order chi connectivity index (χ0) is 10.5. The molecule has 4 nitrogen and oxygen atoms in total. The maximum absolute atomic E-state index is 11.6. The van der Waals surface area contributed by atoms with E-state index < -0.39 is 0 Å². The van der Waals surface area contributed by atoms with Crippen LogP contribution in [0.15, 0.2) is 47.5 Å². The van der Waals surface area contributed by atoms with Gasteiger partial charge in [-0.1, -0.05) is 0 Å². The Hall–Kier alpha value is -2.10. The molecule has 4 heteroatoms. The first-order chi connectivity index (χ1) is 7.36. The van der Waals surface area contributed by atoms with Crippen molar-refractivity contribution in [3.63, 3.8) is 0 Å². The summed E-state index contributed by atoms with van der Waals surface area (Å²) in [4.78, 5) is 15.4. The van der Waals surface area contributed by atoms with Gasteiger partial charge in [-0.15, -0.1) is 0 Å². The Morgan fingerprint density at radius 1 is 1.47 bits per heavy atom. The molecule has 0 aliphatic carbocycles. The maximum atomic E-state index is 11.6. The minimum absolute atomic E-state index is 0.135. The number of pyridine rings is 1. The quantitative estimate of drug-likeness (QED) is 0.822. The van der Waals surface area contributed by atoms with Crippen molar-refractivity contribution >= 4 is 5.91 Å². The molecule has 76 valence electrons. The molecule has 2 aromatic rings. The molecule has 2 heterocycles. The van der Waals surface area contributed by atoms with Crippen molar-refractivity contribution in [3.8, 4) is 0 Å². The van der Waals surface area contributed by atoms with Gasteiger partial charge in [0.25, 0.3) is 5.91 Å². The first kappa shape index (κ1) is 9.45. The van der Waals surface area contributed by atoms with Crippen molar-refractivity contribution in [3.05, 3.63) is 54.2 Å². The fourth-order valence-electron chi connectivity index (χ4n) is 1.17. The Morgan fingerprint density at radius 3 is 3.07 bits per heavy atom. The molecule has 0 unspecified atom stereocenters. The van der Waals surface area contributed by atoms with Crippen molar-refractivity contribution in [2.45, 2.75) is 6.54 Å². The van der Waals surface area contributed by atoms with E-state index in [1.807, 2.05) is 6.07 Å². The van der Waals surface area contributed by atoms with Gasteiger partial charge in [0.05, 0.1) is 18.1 Å². The van der Waals surface area contributed by atoms with Gasteiger partial charge in [-0.25, -0.2) is 0 Å². The van der Waals surface area contributed by atoms with Gasteiger partial charge in [0.15, 0.2) is 0 Å². The molecule has 1 N–H and O–H groups in total. The Morgan fingerprint density at radius 2 is 2.40 bits per heavy atom. The lowest BCUT2D eigenvalue weighted by molar-refractivity contribution is 0.0950. The highest BCUT2D eigenvalue weighted by Gasteiger charge is 2.04. The minimum atomic E-state index is -0.135. The summed E-state index contributed by atoms with van der Waals surface area (Å²) < 4.78 is 4.89. The third kappa shape index (κ3) is 2.43. The smallest absolute Gasteiger partial charge is 0.253 e. The van der Waals surface area contributed by atoms with Gasteiger partial charge >= 0.3 is 0 Å². The summed E-state index contributed by atoms with van der Waals surface area (Å²) in [7, 11) is 0. The Balaban J connectivity index is 1.94. The number of aromatic nitrogens is 1. The topological polar surface area (TPSA) is 55.1 Å². The maximum Gasteiger partial charge on any atom is 0.253 e. The van der Waals surface area contributed by atoms with Crippen molar-refractivity contribution in [2.24, 2.45) is 0 Å². The summed E-state index contributed by atoms with van der Waals surface area (Å²) in [6.07, 6.45) is 6.34. The van der Waals surface area contributed by atoms with Crippen LogP contribution in [0.5, 0.6) is 0 Å². The van der Waals surface area contributed by atoms with Crippen molar-refractivity contribution < 1.29 is 9.21 Å². The number of nitrogens with one attached hydrogen (secondary N) is 1. The predicted molar refractivity (Wildman–Crippen MR) is 54.1 cm³/mol. The highest BCUT2D eigenvalue weighted by Crippen LogP contribution is 2.00. The molecule has 0 aliphatic rings. The highest BCUT2D eigenvalue weighted by atomic mass is 16.3. The SMILES string of the molecule is O=C(NCc1ccoc1)c1cccnc1. The van der Waals surface area contributed by atoms with Crippen LogP contribution in [-0.2, 0) is 6.54 Å². The van der Waals surface area contributed by atoms with Crippen LogP contribution in [0.2, 0.25) is 0 Å². The Bertz CT molecular complexity index is 423. The summed E-state index contributed by atoms with van der Waals surface area (Å²) >= 11 is 0. The molecule has 0 atom stereocenters. The monoisotopic (exact) mass is 202 g/mol. The number of furan rings is 1. The average Bonchev–Trinajstić information content (AvgIpc) is 2.80. The number of carbonyl (C=O) groups is 1. The molecule has 0 bridgehead atoms. The summed E-state index contributed by atoms with van der Waals surface area (Å²) in [5.74, 6) is -0.135. The molecule has 0 saturated carbocycles. The van der Waals surface area contributed by atoms with Gasteiger partial charge in [0, 0.05) is 24.5 Å². The second-order valence-corrected chi connectivity index (χ2v) is 3.06. The third-order valence-corrected chi connectivity index (χ3v) is 1.96. The number of carbonyl (C=O) groups excluding carboxylic acids is 1. The van der Waals surface area contributed by atoms with Crippen LogP contribution in [0.4, 0.5) is 0 Å². The van der Waals surface area contributed by atoms with Crippen LogP contribution in [0.25, 0.3) is 0 Å². The summed E-state index contributed by atoms with van der Waals surface area (Å²) in [6.45, 7) is 0.463. The molecule has 0 aliphatic heterocycles. The lowest BCUT2D eigenvalue weighted by Gasteiger charge is -2.02. The first-order valence-electron chi connectivity index (χ1n) is 4.55. The number of amides is 1. The van der Waals surface area contributed by atoms with Gasteiger partial charge in [0.2, 0.25) is 0 Å². The third-order valence-electron chi connectivity index (χ3n) is 1.96. The predicted octanol–water partition coefficient (Wildman–Crippen LogP) is 1.60. The number of rotatable bonds is 3. The van der Waals surface area contributed by atoms with E-state index in [0.717, 1.165) is 5.56 Å². The van der Waals surface area contributed by atoms with Crippen molar-refractivity contribution in [2.75, 3.05) is 0 Å². The average molecular weight is 202 g/mol. The molecule has 0 radical (unpaired) electrons. The molecule has 0 saturated heterocycles. The van der Waals surface area contributed by atoms with Crippen LogP contribution in [-0.4, -0.2) is 10.9 Å². The standard InChI is InChI=1S/C11H10N2O2/c14-11(10-2-1-4-12-7-10)13-6-9-3-5-15-8-9/h1-5,7-8H,6H2,(H,13,14). The van der Waals surface area contributed by atoms with Crippen LogP contribution in [0, 0.1) is 0 Å². The van der Waals surface area contributed by atoms with Gasteiger partial charge in [-0.2, -0.15) is 0 Å². The number of hydrogen-bond donors (Lipinski definition) is 1. The first-order valence-corrected chi connectivity index (χ1v) is 4.55. The normalized spacial score (nSPS) is 9.87. The van der Waals surface area contributed by atoms with Crippen LogP contribution >= 0.6 is 0 Å². The highest BCUT2D eigenvalue weighted by molar-refractivity contribution is 5.93. The molecule has 2 aromatic heterocycles. The molecule has 0 spiro atoms. The minimum Gasteiger partial charge on any atom is -0.472 e. The van der Waals surface area contributed by atoms with Gasteiger partial charge in [0.1, 0.15) is 0 Å². The molecule has 15 heavy (non-hydrogen) atoms. The second kappa shape index (κ2) is 4.41. The molecular formula is C11H10N2O2. The van der Waals surface area contributed by atoms with E-state index >= 15 is 0 Å². The Kier molecular flexibility index (Phi) is 2.78. The van der Waals surface area contributed by atoms with E-state index in [1.54, 1.807) is 30.9 Å². The summed E-state index contributed by atoms with van der Waals surface area (Å²) in [6, 6.07) is 5.26. The van der Waals surface area contributed by atoms with Crippen LogP contribution in [0.1, 0.15) is 15.9 Å². The van der Waals surface area contributed by atoms with E-state index in [2.05, 4.69) is 10.3 Å². The van der Waals surface area contributed by atoms with E-state index in [1.165, 1.54) is 6.20 Å². The van der Waals surface area contributed by atoms with Crippen LogP contribution in [0.3, 0.4) is 0 Å². The Labute approximate surface area is 86.9 Å². The van der Waals surface area contributed by atoms with E-state index in [-0.39, 0.29) is 5.91 Å². The van der Waals surface area contributed by atoms with E-state index in [0.29, 0.717) is 12.1 Å². The van der Waals surface area contributed by atoms with E-state index in [9.17, 15) is 4.79 Å². The van der Waals surface area contributed by atoms with Gasteiger partial charge in [-0.05, 0) is 18.2 Å². The van der Waals surface area contributed by atoms with Crippen molar-refractivity contribution in [1.29, 1.82) is 0 Å². The largest absolute Gasteiger partial charge is 0.472 e. The number of nitrogens with zero attached hydrogens (tertiary/aromatic N) is 1. The fraction of sp³-hybridized carbons (Fsp3) is 0.0909.